The Hall–Kier alpha value is -1.77. The van der Waals surface area contributed by atoms with Gasteiger partial charge in [-0.05, 0) is 33.3 Å². The molecule has 1 aromatic carbocycles. The van der Waals surface area contributed by atoms with Crippen LogP contribution < -0.4 is 16.0 Å². The second-order valence-corrected chi connectivity index (χ2v) is 6.40. The molecule has 0 saturated heterocycles. The molecule has 0 fully saturated rings. The highest BCUT2D eigenvalue weighted by Crippen LogP contribution is 2.25. The van der Waals surface area contributed by atoms with E-state index in [-0.39, 0.29) is 35.9 Å². The summed E-state index contributed by atoms with van der Waals surface area (Å²) < 4.78 is 5.90. The third-order valence-electron chi connectivity index (χ3n) is 4.33. The molecule has 0 radical (unpaired) electrons. The van der Waals surface area contributed by atoms with Crippen LogP contribution >= 0.6 is 24.0 Å². The molecular weight excluding hydrogens is 455 g/mol. The second-order valence-electron chi connectivity index (χ2n) is 6.40. The number of furan rings is 1. The number of nitrogens with zero attached hydrogens (tertiary/aromatic N) is 1. The van der Waals surface area contributed by atoms with Crippen LogP contribution in [-0.2, 0) is 11.3 Å². The number of carbonyl (C=O) groups excluding carboxylic acids is 1. The fraction of sp³-hybridized carbons (Fsp3) is 0.500. The number of halogens is 1. The fourth-order valence-electron chi connectivity index (χ4n) is 2.61. The van der Waals surface area contributed by atoms with Crippen LogP contribution in [0.4, 0.5) is 0 Å². The minimum atomic E-state index is 0. The Bertz CT molecular complexity index is 758. The highest BCUT2D eigenvalue weighted by molar-refractivity contribution is 14.0. The Morgan fingerprint density at radius 2 is 1.96 bits per heavy atom. The lowest BCUT2D eigenvalue weighted by molar-refractivity contribution is -0.121. The summed E-state index contributed by atoms with van der Waals surface area (Å²) in [6.07, 6.45) is 1.35. The summed E-state index contributed by atoms with van der Waals surface area (Å²) in [6, 6.07) is 8.21. The van der Waals surface area contributed by atoms with Crippen molar-refractivity contribution in [2.75, 3.05) is 13.1 Å². The Morgan fingerprint density at radius 3 is 2.63 bits per heavy atom. The summed E-state index contributed by atoms with van der Waals surface area (Å²) in [5.41, 5.74) is 2.00. The first-order chi connectivity index (χ1) is 12.5. The number of para-hydroxylation sites is 1. The van der Waals surface area contributed by atoms with Crippen molar-refractivity contribution >= 4 is 46.8 Å². The minimum Gasteiger partial charge on any atom is -0.459 e. The number of rotatable bonds is 8. The lowest BCUT2D eigenvalue weighted by Crippen LogP contribution is -2.40. The van der Waals surface area contributed by atoms with E-state index in [4.69, 9.17) is 4.42 Å². The second kappa shape index (κ2) is 11.8. The Morgan fingerprint density at radius 1 is 1.22 bits per heavy atom. The summed E-state index contributed by atoms with van der Waals surface area (Å²) >= 11 is 0. The van der Waals surface area contributed by atoms with Gasteiger partial charge in [-0.25, -0.2) is 4.99 Å². The molecule has 7 heteroatoms. The van der Waals surface area contributed by atoms with Crippen molar-refractivity contribution < 1.29 is 9.21 Å². The molecule has 1 atom stereocenters. The number of guanidine groups is 1. The highest BCUT2D eigenvalue weighted by atomic mass is 127. The highest BCUT2D eigenvalue weighted by Gasteiger charge is 2.10. The average molecular weight is 486 g/mol. The molecule has 1 unspecified atom stereocenters. The first-order valence-electron chi connectivity index (χ1n) is 9.33. The van der Waals surface area contributed by atoms with E-state index in [2.05, 4.69) is 40.9 Å². The standard InChI is InChI=1S/C20H30N4O2.HI/c1-5-14(3)24-19(25)11-12-22-20(21-6-2)23-13-18-15(4)16-9-7-8-10-17(16)26-18;/h7-10,14H,5-6,11-13H2,1-4H3,(H,24,25)(H2,21,22,23);1H. The number of aryl methyl sites for hydroxylation is 1. The SMILES string of the molecule is CCNC(=NCc1oc2ccccc2c1C)NCCC(=O)NC(C)CC.I. The van der Waals surface area contributed by atoms with Gasteiger partial charge < -0.3 is 20.4 Å². The zero-order valence-electron chi connectivity index (χ0n) is 16.6. The molecule has 0 spiro atoms. The third-order valence-corrected chi connectivity index (χ3v) is 4.33. The van der Waals surface area contributed by atoms with E-state index in [1.807, 2.05) is 32.0 Å². The smallest absolute Gasteiger partial charge is 0.221 e. The summed E-state index contributed by atoms with van der Waals surface area (Å²) in [7, 11) is 0. The van der Waals surface area contributed by atoms with Gasteiger partial charge in [-0.2, -0.15) is 0 Å². The average Bonchev–Trinajstić information content (AvgIpc) is 2.95. The molecule has 27 heavy (non-hydrogen) atoms. The van der Waals surface area contributed by atoms with Gasteiger partial charge in [0.2, 0.25) is 5.91 Å². The molecule has 0 aliphatic carbocycles. The molecule has 2 aromatic rings. The number of fused-ring (bicyclic) bond motifs is 1. The van der Waals surface area contributed by atoms with Crippen LogP contribution in [0.25, 0.3) is 11.0 Å². The molecular formula is C20H31IN4O2. The summed E-state index contributed by atoms with van der Waals surface area (Å²) in [6.45, 7) is 9.87. The topological polar surface area (TPSA) is 78.7 Å². The first-order valence-corrected chi connectivity index (χ1v) is 9.33. The van der Waals surface area contributed by atoms with Crippen molar-refractivity contribution in [1.29, 1.82) is 0 Å². The van der Waals surface area contributed by atoms with Gasteiger partial charge in [0.05, 0.1) is 0 Å². The van der Waals surface area contributed by atoms with E-state index in [9.17, 15) is 4.79 Å². The molecule has 0 bridgehead atoms. The largest absolute Gasteiger partial charge is 0.459 e. The van der Waals surface area contributed by atoms with Crippen LogP contribution in [0.3, 0.4) is 0 Å². The first kappa shape index (κ1) is 23.3. The van der Waals surface area contributed by atoms with Crippen LogP contribution in [0.5, 0.6) is 0 Å². The van der Waals surface area contributed by atoms with E-state index in [0.717, 1.165) is 35.3 Å². The maximum Gasteiger partial charge on any atom is 0.221 e. The number of hydrogen-bond acceptors (Lipinski definition) is 3. The molecule has 150 valence electrons. The van der Waals surface area contributed by atoms with E-state index < -0.39 is 0 Å². The number of nitrogens with one attached hydrogen (secondary N) is 3. The predicted octanol–water partition coefficient (Wildman–Crippen LogP) is 3.72. The molecule has 0 aliphatic heterocycles. The van der Waals surface area contributed by atoms with Gasteiger partial charge in [0.25, 0.3) is 0 Å². The van der Waals surface area contributed by atoms with Crippen LogP contribution in [0.2, 0.25) is 0 Å². The number of aliphatic imine (C=N–C) groups is 1. The Labute approximate surface area is 178 Å². The van der Waals surface area contributed by atoms with Gasteiger partial charge in [-0.3, -0.25) is 4.79 Å². The maximum absolute atomic E-state index is 11.8. The summed E-state index contributed by atoms with van der Waals surface area (Å²) in [5, 5.41) is 10.5. The van der Waals surface area contributed by atoms with Gasteiger partial charge >= 0.3 is 0 Å². The fourth-order valence-corrected chi connectivity index (χ4v) is 2.61. The number of hydrogen-bond donors (Lipinski definition) is 3. The van der Waals surface area contributed by atoms with Gasteiger partial charge in [-0.1, -0.05) is 25.1 Å². The molecule has 3 N–H and O–H groups in total. The number of benzene rings is 1. The van der Waals surface area contributed by atoms with Crippen LogP contribution in [0.1, 0.15) is 44.9 Å². The third kappa shape index (κ3) is 7.04. The van der Waals surface area contributed by atoms with Gasteiger partial charge in [-0.15, -0.1) is 24.0 Å². The van der Waals surface area contributed by atoms with E-state index in [0.29, 0.717) is 25.5 Å². The summed E-state index contributed by atoms with van der Waals surface area (Å²) in [5.74, 6) is 1.59. The zero-order chi connectivity index (χ0) is 18.9. The van der Waals surface area contributed by atoms with Crippen molar-refractivity contribution in [3.8, 4) is 0 Å². The Kier molecular flexibility index (Phi) is 10.2. The number of carbonyl (C=O) groups is 1. The predicted molar refractivity (Wildman–Crippen MR) is 122 cm³/mol. The van der Waals surface area contributed by atoms with Crippen LogP contribution in [0.15, 0.2) is 33.7 Å². The van der Waals surface area contributed by atoms with Gasteiger partial charge in [0, 0.05) is 36.5 Å². The van der Waals surface area contributed by atoms with Crippen molar-refractivity contribution in [3.05, 3.63) is 35.6 Å². The molecule has 0 saturated carbocycles. The van der Waals surface area contributed by atoms with Gasteiger partial charge in [0.15, 0.2) is 5.96 Å². The Balaban J connectivity index is 0.00000364. The molecule has 1 aromatic heterocycles. The van der Waals surface area contributed by atoms with Crippen LogP contribution in [-0.4, -0.2) is 31.0 Å². The minimum absolute atomic E-state index is 0. The van der Waals surface area contributed by atoms with E-state index >= 15 is 0 Å². The van der Waals surface area contributed by atoms with Crippen LogP contribution in [0, 0.1) is 6.92 Å². The van der Waals surface area contributed by atoms with E-state index in [1.54, 1.807) is 0 Å². The normalized spacial score (nSPS) is 12.4. The van der Waals surface area contributed by atoms with E-state index in [1.165, 1.54) is 0 Å². The molecule has 0 aliphatic rings. The zero-order valence-corrected chi connectivity index (χ0v) is 18.9. The maximum atomic E-state index is 11.8. The van der Waals surface area contributed by atoms with Crippen molar-refractivity contribution in [2.24, 2.45) is 4.99 Å². The quantitative estimate of drug-likeness (QED) is 0.302. The molecule has 1 heterocycles. The van der Waals surface area contributed by atoms with Gasteiger partial charge in [0.1, 0.15) is 17.9 Å². The number of amides is 1. The lowest BCUT2D eigenvalue weighted by Gasteiger charge is -2.13. The van der Waals surface area contributed by atoms with Crippen molar-refractivity contribution in [1.82, 2.24) is 16.0 Å². The molecule has 2 rings (SSSR count). The molecule has 1 amide bonds. The van der Waals surface area contributed by atoms with Crippen molar-refractivity contribution in [2.45, 2.75) is 53.1 Å². The lowest BCUT2D eigenvalue weighted by atomic mass is 10.1. The molecule has 6 nitrogen and oxygen atoms in total. The monoisotopic (exact) mass is 486 g/mol. The summed E-state index contributed by atoms with van der Waals surface area (Å²) in [4.78, 5) is 16.4. The van der Waals surface area contributed by atoms with Crippen molar-refractivity contribution in [3.63, 3.8) is 0 Å².